The molecule has 5 heteroatoms. The Labute approximate surface area is 114 Å². The van der Waals surface area contributed by atoms with Gasteiger partial charge in [0.05, 0.1) is 11.2 Å². The molecule has 0 saturated carbocycles. The molecule has 104 valence electrons. The van der Waals surface area contributed by atoms with Crippen LogP contribution in [0.15, 0.2) is 12.3 Å². The standard InChI is InChI=1S/C14H21BFNO2/c1-9(2)10-7-11(12(16)17-8-10)15-18-13(3,4)14(5,6)19-15/h7-9H,1-6H3. The number of hydrogen-bond donors (Lipinski definition) is 0. The average Bonchev–Trinajstić information content (AvgIpc) is 2.48. The van der Waals surface area contributed by atoms with Crippen molar-refractivity contribution in [1.29, 1.82) is 0 Å². The fourth-order valence-electron chi connectivity index (χ4n) is 1.93. The van der Waals surface area contributed by atoms with Gasteiger partial charge in [-0.15, -0.1) is 0 Å². The topological polar surface area (TPSA) is 31.4 Å². The van der Waals surface area contributed by atoms with Crippen molar-refractivity contribution in [3.05, 3.63) is 23.8 Å². The van der Waals surface area contributed by atoms with Gasteiger partial charge in [-0.1, -0.05) is 19.9 Å². The van der Waals surface area contributed by atoms with Crippen LogP contribution in [0, 0.1) is 5.95 Å². The maximum Gasteiger partial charge on any atom is 0.499 e. The number of halogens is 1. The molecule has 0 atom stereocenters. The smallest absolute Gasteiger partial charge is 0.399 e. The normalized spacial score (nSPS) is 21.2. The van der Waals surface area contributed by atoms with Gasteiger partial charge < -0.3 is 9.31 Å². The summed E-state index contributed by atoms with van der Waals surface area (Å²) < 4.78 is 25.6. The van der Waals surface area contributed by atoms with Gasteiger partial charge in [-0.3, -0.25) is 0 Å². The lowest BCUT2D eigenvalue weighted by Gasteiger charge is -2.32. The Morgan fingerprint density at radius 3 is 2.16 bits per heavy atom. The van der Waals surface area contributed by atoms with Crippen LogP contribution in [0.5, 0.6) is 0 Å². The zero-order chi connectivity index (χ0) is 14.4. The Morgan fingerprint density at radius 2 is 1.68 bits per heavy atom. The monoisotopic (exact) mass is 265 g/mol. The van der Waals surface area contributed by atoms with Gasteiger partial charge in [-0.25, -0.2) is 4.98 Å². The van der Waals surface area contributed by atoms with E-state index in [0.29, 0.717) is 5.46 Å². The first kappa shape index (κ1) is 14.5. The van der Waals surface area contributed by atoms with Crippen molar-refractivity contribution in [1.82, 2.24) is 4.98 Å². The fraction of sp³-hybridized carbons (Fsp3) is 0.643. The number of aromatic nitrogens is 1. The molecule has 0 N–H and O–H groups in total. The molecule has 1 saturated heterocycles. The maximum atomic E-state index is 13.9. The van der Waals surface area contributed by atoms with E-state index in [4.69, 9.17) is 9.31 Å². The third kappa shape index (κ3) is 2.54. The van der Waals surface area contributed by atoms with Crippen molar-refractivity contribution in [2.24, 2.45) is 0 Å². The lowest BCUT2D eigenvalue weighted by Crippen LogP contribution is -2.41. The van der Waals surface area contributed by atoms with Crippen molar-refractivity contribution >= 4 is 12.6 Å². The predicted octanol–water partition coefficient (Wildman–Crippen LogP) is 2.64. The molecular formula is C14H21BFNO2. The highest BCUT2D eigenvalue weighted by Crippen LogP contribution is 2.36. The van der Waals surface area contributed by atoms with E-state index < -0.39 is 24.3 Å². The number of pyridine rings is 1. The van der Waals surface area contributed by atoms with Gasteiger partial charge >= 0.3 is 7.12 Å². The first-order chi connectivity index (χ1) is 8.64. The first-order valence-electron chi connectivity index (χ1n) is 6.65. The molecule has 1 aromatic heterocycles. The third-order valence-electron chi connectivity index (χ3n) is 4.06. The zero-order valence-corrected chi connectivity index (χ0v) is 12.5. The second-order valence-electron chi connectivity index (χ2n) is 6.39. The van der Waals surface area contributed by atoms with Crippen LogP contribution >= 0.6 is 0 Å². The van der Waals surface area contributed by atoms with Gasteiger partial charge in [-0.05, 0) is 39.2 Å². The molecule has 1 aromatic rings. The second-order valence-corrected chi connectivity index (χ2v) is 6.39. The first-order valence-corrected chi connectivity index (χ1v) is 6.65. The van der Waals surface area contributed by atoms with Gasteiger partial charge in [-0.2, -0.15) is 4.39 Å². The van der Waals surface area contributed by atoms with E-state index in [2.05, 4.69) is 4.98 Å². The summed E-state index contributed by atoms with van der Waals surface area (Å²) in [5.41, 5.74) is 0.409. The maximum absolute atomic E-state index is 13.9. The molecular weight excluding hydrogens is 244 g/mol. The highest BCUT2D eigenvalue weighted by Gasteiger charge is 2.52. The highest BCUT2D eigenvalue weighted by atomic mass is 19.1. The summed E-state index contributed by atoms with van der Waals surface area (Å²) >= 11 is 0. The van der Waals surface area contributed by atoms with Crippen molar-refractivity contribution in [2.75, 3.05) is 0 Å². The summed E-state index contributed by atoms with van der Waals surface area (Å²) in [5, 5.41) is 0. The van der Waals surface area contributed by atoms with Crippen LogP contribution in [-0.4, -0.2) is 23.3 Å². The van der Waals surface area contributed by atoms with Gasteiger partial charge in [0.15, 0.2) is 0 Å². The summed E-state index contributed by atoms with van der Waals surface area (Å²) in [6, 6.07) is 1.79. The molecule has 19 heavy (non-hydrogen) atoms. The molecule has 1 aliphatic rings. The van der Waals surface area contributed by atoms with E-state index in [1.165, 1.54) is 0 Å². The molecule has 3 nitrogen and oxygen atoms in total. The number of rotatable bonds is 2. The molecule has 0 radical (unpaired) electrons. The fourth-order valence-corrected chi connectivity index (χ4v) is 1.93. The van der Waals surface area contributed by atoms with Crippen molar-refractivity contribution < 1.29 is 13.7 Å². The van der Waals surface area contributed by atoms with E-state index in [9.17, 15) is 4.39 Å². The van der Waals surface area contributed by atoms with E-state index in [1.54, 1.807) is 12.3 Å². The van der Waals surface area contributed by atoms with Crippen LogP contribution in [0.1, 0.15) is 53.0 Å². The van der Waals surface area contributed by atoms with E-state index >= 15 is 0 Å². The summed E-state index contributed by atoms with van der Waals surface area (Å²) in [5.74, 6) is -0.239. The number of nitrogens with zero attached hydrogens (tertiary/aromatic N) is 1. The molecule has 0 bridgehead atoms. The van der Waals surface area contributed by atoms with Crippen molar-refractivity contribution in [3.63, 3.8) is 0 Å². The molecule has 2 rings (SSSR count). The van der Waals surface area contributed by atoms with Crippen molar-refractivity contribution in [3.8, 4) is 0 Å². The van der Waals surface area contributed by atoms with Gasteiger partial charge in [0, 0.05) is 11.7 Å². The van der Waals surface area contributed by atoms with Crippen LogP contribution in [0.3, 0.4) is 0 Å². The molecule has 0 amide bonds. The average molecular weight is 265 g/mol. The van der Waals surface area contributed by atoms with Crippen LogP contribution in [0.4, 0.5) is 4.39 Å². The SMILES string of the molecule is CC(C)c1cnc(F)c(B2OC(C)(C)C(C)(C)O2)c1. The Bertz CT molecular complexity index is 472. The Hall–Kier alpha value is -0.935. The predicted molar refractivity (Wildman–Crippen MR) is 74.0 cm³/mol. The number of hydrogen-bond acceptors (Lipinski definition) is 3. The van der Waals surface area contributed by atoms with Crippen molar-refractivity contribution in [2.45, 2.75) is 58.7 Å². The largest absolute Gasteiger partial charge is 0.499 e. The summed E-state index contributed by atoms with van der Waals surface area (Å²) in [6.45, 7) is 11.9. The van der Waals surface area contributed by atoms with Gasteiger partial charge in [0.1, 0.15) is 0 Å². The summed E-state index contributed by atoms with van der Waals surface area (Å²) in [4.78, 5) is 3.81. The minimum Gasteiger partial charge on any atom is -0.399 e. The third-order valence-corrected chi connectivity index (χ3v) is 4.06. The molecule has 0 aromatic carbocycles. The van der Waals surface area contributed by atoms with Crippen LogP contribution in [0.2, 0.25) is 0 Å². The van der Waals surface area contributed by atoms with Crippen LogP contribution in [-0.2, 0) is 9.31 Å². The Balaban J connectivity index is 2.36. The minimum atomic E-state index is -0.698. The van der Waals surface area contributed by atoms with E-state index in [1.807, 2.05) is 41.5 Å². The Morgan fingerprint density at radius 1 is 1.16 bits per heavy atom. The van der Waals surface area contributed by atoms with E-state index in [-0.39, 0.29) is 5.92 Å². The Kier molecular flexibility index (Phi) is 3.48. The lowest BCUT2D eigenvalue weighted by molar-refractivity contribution is 0.00578. The quantitative estimate of drug-likeness (QED) is 0.608. The molecule has 1 aliphatic heterocycles. The van der Waals surface area contributed by atoms with Gasteiger partial charge in [0.25, 0.3) is 0 Å². The molecule has 1 fully saturated rings. The lowest BCUT2D eigenvalue weighted by atomic mass is 9.78. The van der Waals surface area contributed by atoms with Crippen LogP contribution < -0.4 is 5.46 Å². The minimum absolute atomic E-state index is 0.286. The molecule has 0 aliphatic carbocycles. The summed E-state index contributed by atoms with van der Waals surface area (Å²) in [6.07, 6.45) is 1.56. The second kappa shape index (κ2) is 4.56. The molecule has 2 heterocycles. The highest BCUT2D eigenvalue weighted by molar-refractivity contribution is 6.62. The zero-order valence-electron chi connectivity index (χ0n) is 12.5. The molecule has 0 unspecified atom stereocenters. The summed E-state index contributed by atoms with van der Waals surface area (Å²) in [7, 11) is -0.698. The van der Waals surface area contributed by atoms with E-state index in [0.717, 1.165) is 5.56 Å². The van der Waals surface area contributed by atoms with Gasteiger partial charge in [0.2, 0.25) is 5.95 Å². The van der Waals surface area contributed by atoms with Crippen LogP contribution in [0.25, 0.3) is 0 Å². The molecule has 0 spiro atoms.